The number of methoxy groups -OCH3 is 1. The molecule has 6 heteroatoms. The third-order valence-corrected chi connectivity index (χ3v) is 5.24. The number of amides is 2. The zero-order valence-corrected chi connectivity index (χ0v) is 15.9. The van der Waals surface area contributed by atoms with Crippen LogP contribution in [0.4, 0.5) is 10.5 Å². The van der Waals surface area contributed by atoms with Gasteiger partial charge in [0.2, 0.25) is 0 Å². The lowest BCUT2D eigenvalue weighted by atomic mass is 9.90. The minimum absolute atomic E-state index is 0.117. The van der Waals surface area contributed by atoms with Crippen molar-refractivity contribution in [2.45, 2.75) is 32.0 Å². The van der Waals surface area contributed by atoms with E-state index in [2.05, 4.69) is 21.2 Å². The molecule has 1 saturated heterocycles. The van der Waals surface area contributed by atoms with Crippen LogP contribution in [0.3, 0.4) is 0 Å². The lowest BCUT2D eigenvalue weighted by molar-refractivity contribution is 0.0349. The van der Waals surface area contributed by atoms with Crippen molar-refractivity contribution >= 4 is 27.6 Å². The molecular weight excluding hydrogens is 384 g/mol. The second kappa shape index (κ2) is 5.66. The molecule has 2 aliphatic heterocycles. The number of benzene rings is 2. The number of carbonyl (C=O) groups is 1. The Balaban J connectivity index is 1.84. The Kier molecular flexibility index (Phi) is 3.68. The summed E-state index contributed by atoms with van der Waals surface area (Å²) in [5.74, 6) is 1.34. The fraction of sp³-hybridized carbons (Fsp3) is 0.316. The number of rotatable bonds is 2. The summed E-state index contributed by atoms with van der Waals surface area (Å²) >= 11 is 3.50. The summed E-state index contributed by atoms with van der Waals surface area (Å²) in [6.07, 6.45) is 0.652. The van der Waals surface area contributed by atoms with Crippen LogP contribution in [0.1, 0.15) is 30.5 Å². The average Bonchev–Trinajstić information content (AvgIpc) is 2.54. The van der Waals surface area contributed by atoms with Gasteiger partial charge in [0.05, 0.1) is 13.2 Å². The first kappa shape index (κ1) is 16.3. The van der Waals surface area contributed by atoms with Gasteiger partial charge >= 0.3 is 6.03 Å². The Morgan fingerprint density at radius 2 is 2.16 bits per heavy atom. The number of urea groups is 1. The molecule has 0 radical (unpaired) electrons. The van der Waals surface area contributed by atoms with Gasteiger partial charge in [0.15, 0.2) is 17.2 Å². The number of hydrogen-bond donors (Lipinski definition) is 1. The molecule has 2 aromatic carbocycles. The van der Waals surface area contributed by atoms with E-state index in [1.807, 2.05) is 50.2 Å². The number of ether oxygens (including phenoxy) is 2. The number of nitrogens with one attached hydrogen (secondary N) is 1. The molecule has 2 bridgehead atoms. The molecular formula is C19H19BrN2O3. The molecule has 0 saturated carbocycles. The minimum Gasteiger partial charge on any atom is -0.493 e. The Morgan fingerprint density at radius 3 is 2.88 bits per heavy atom. The van der Waals surface area contributed by atoms with E-state index in [1.54, 1.807) is 12.0 Å². The maximum atomic E-state index is 12.9. The van der Waals surface area contributed by atoms with E-state index >= 15 is 0 Å². The number of aryl methyl sites for hydroxylation is 1. The van der Waals surface area contributed by atoms with Gasteiger partial charge in [0, 0.05) is 22.1 Å². The molecule has 2 heterocycles. The molecule has 1 unspecified atom stereocenters. The molecule has 1 fully saturated rings. The van der Waals surface area contributed by atoms with Crippen LogP contribution in [0.15, 0.2) is 40.9 Å². The van der Waals surface area contributed by atoms with Crippen molar-refractivity contribution in [3.63, 3.8) is 0 Å². The van der Waals surface area contributed by atoms with Crippen LogP contribution in [-0.2, 0) is 0 Å². The smallest absolute Gasteiger partial charge is 0.325 e. The molecule has 1 N–H and O–H groups in total. The summed E-state index contributed by atoms with van der Waals surface area (Å²) in [7, 11) is 1.62. The second-order valence-electron chi connectivity index (χ2n) is 6.68. The second-order valence-corrected chi connectivity index (χ2v) is 7.60. The molecule has 0 aromatic heterocycles. The van der Waals surface area contributed by atoms with Gasteiger partial charge in [-0.25, -0.2) is 4.79 Å². The van der Waals surface area contributed by atoms with Crippen molar-refractivity contribution in [2.24, 2.45) is 0 Å². The molecule has 0 spiro atoms. The van der Waals surface area contributed by atoms with Gasteiger partial charge in [-0.15, -0.1) is 0 Å². The van der Waals surface area contributed by atoms with Crippen molar-refractivity contribution in [1.29, 1.82) is 0 Å². The molecule has 2 aliphatic rings. The molecule has 130 valence electrons. The third-order valence-electron chi connectivity index (χ3n) is 4.78. The van der Waals surface area contributed by atoms with E-state index < -0.39 is 5.72 Å². The van der Waals surface area contributed by atoms with E-state index in [4.69, 9.17) is 9.47 Å². The van der Waals surface area contributed by atoms with Crippen LogP contribution in [0, 0.1) is 6.92 Å². The van der Waals surface area contributed by atoms with Gasteiger partial charge in [-0.1, -0.05) is 28.1 Å². The highest BCUT2D eigenvalue weighted by Crippen LogP contribution is 2.50. The predicted molar refractivity (Wildman–Crippen MR) is 99.3 cm³/mol. The predicted octanol–water partition coefficient (Wildman–Crippen LogP) is 4.54. The van der Waals surface area contributed by atoms with E-state index in [0.717, 1.165) is 21.3 Å². The fourth-order valence-electron chi connectivity index (χ4n) is 3.71. The first-order valence-electron chi connectivity index (χ1n) is 8.15. The first-order chi connectivity index (χ1) is 11.9. The zero-order valence-electron chi connectivity index (χ0n) is 14.3. The standard InChI is InChI=1S/C19H19BrN2O3/c1-11-5-4-6-13(7-11)22-18(23)21-15-10-19(22,2)25-17-14(15)8-12(20)9-16(17)24-3/h4-9,15H,10H2,1-3H3,(H,21,23)/t15?,19-/m1/s1. The lowest BCUT2D eigenvalue weighted by Gasteiger charge is -2.50. The number of nitrogens with zero attached hydrogens (tertiary/aromatic N) is 1. The van der Waals surface area contributed by atoms with Crippen LogP contribution in [0.5, 0.6) is 11.5 Å². The van der Waals surface area contributed by atoms with Gasteiger partial charge < -0.3 is 14.8 Å². The quantitative estimate of drug-likeness (QED) is 0.802. The summed E-state index contributed by atoms with van der Waals surface area (Å²) in [6, 6.07) is 11.4. The zero-order chi connectivity index (χ0) is 17.8. The van der Waals surface area contributed by atoms with Crippen molar-refractivity contribution in [3.8, 4) is 11.5 Å². The van der Waals surface area contributed by atoms with Crippen molar-refractivity contribution in [1.82, 2.24) is 5.32 Å². The van der Waals surface area contributed by atoms with Crippen molar-refractivity contribution in [2.75, 3.05) is 12.0 Å². The van der Waals surface area contributed by atoms with Gasteiger partial charge in [-0.3, -0.25) is 4.90 Å². The van der Waals surface area contributed by atoms with Gasteiger partial charge in [-0.2, -0.15) is 0 Å². The highest BCUT2D eigenvalue weighted by Gasteiger charge is 2.50. The molecule has 4 rings (SSSR count). The van der Waals surface area contributed by atoms with Crippen molar-refractivity contribution in [3.05, 3.63) is 52.0 Å². The molecule has 0 aliphatic carbocycles. The van der Waals surface area contributed by atoms with Crippen LogP contribution >= 0.6 is 15.9 Å². The monoisotopic (exact) mass is 402 g/mol. The number of fused-ring (bicyclic) bond motifs is 4. The van der Waals surface area contributed by atoms with Crippen LogP contribution in [0.2, 0.25) is 0 Å². The fourth-order valence-corrected chi connectivity index (χ4v) is 4.16. The molecule has 2 aromatic rings. The normalized spacial score (nSPS) is 24.2. The SMILES string of the molecule is COc1cc(Br)cc2c1O[C@]1(C)CC2NC(=O)N1c1cccc(C)c1. The Morgan fingerprint density at radius 1 is 1.36 bits per heavy atom. The number of carbonyl (C=O) groups excluding carboxylic acids is 1. The van der Waals surface area contributed by atoms with Crippen LogP contribution in [-0.4, -0.2) is 18.9 Å². The summed E-state index contributed by atoms with van der Waals surface area (Å²) in [5.41, 5.74) is 2.06. The van der Waals surface area contributed by atoms with E-state index in [9.17, 15) is 4.79 Å². The van der Waals surface area contributed by atoms with Gasteiger partial charge in [0.1, 0.15) is 0 Å². The maximum absolute atomic E-state index is 12.9. The summed E-state index contributed by atoms with van der Waals surface area (Å²) < 4.78 is 12.8. The summed E-state index contributed by atoms with van der Waals surface area (Å²) in [4.78, 5) is 14.6. The Hall–Kier alpha value is -2.21. The van der Waals surface area contributed by atoms with Gasteiger partial charge in [0.25, 0.3) is 0 Å². The minimum atomic E-state index is -0.783. The van der Waals surface area contributed by atoms with Crippen molar-refractivity contribution < 1.29 is 14.3 Å². The lowest BCUT2D eigenvalue weighted by Crippen LogP contribution is -2.65. The highest BCUT2D eigenvalue weighted by atomic mass is 79.9. The first-order valence-corrected chi connectivity index (χ1v) is 8.94. The molecule has 2 atom stereocenters. The highest BCUT2D eigenvalue weighted by molar-refractivity contribution is 9.10. The summed E-state index contributed by atoms with van der Waals surface area (Å²) in [6.45, 7) is 3.96. The van der Waals surface area contributed by atoms with Crippen LogP contribution < -0.4 is 19.7 Å². The van der Waals surface area contributed by atoms with E-state index in [-0.39, 0.29) is 12.1 Å². The number of anilines is 1. The average molecular weight is 403 g/mol. The largest absolute Gasteiger partial charge is 0.493 e. The Labute approximate surface area is 155 Å². The third kappa shape index (κ3) is 2.56. The van der Waals surface area contributed by atoms with Gasteiger partial charge in [-0.05, 0) is 43.7 Å². The topological polar surface area (TPSA) is 50.8 Å². The maximum Gasteiger partial charge on any atom is 0.325 e. The Bertz CT molecular complexity index is 870. The van der Waals surface area contributed by atoms with Crippen LogP contribution in [0.25, 0.3) is 0 Å². The molecule has 25 heavy (non-hydrogen) atoms. The number of hydrogen-bond acceptors (Lipinski definition) is 3. The summed E-state index contributed by atoms with van der Waals surface area (Å²) in [5, 5.41) is 3.11. The van der Waals surface area contributed by atoms with E-state index in [1.165, 1.54) is 0 Å². The molecule has 2 amide bonds. The molecule has 5 nitrogen and oxygen atoms in total. The number of halogens is 1. The van der Waals surface area contributed by atoms with E-state index in [0.29, 0.717) is 17.9 Å².